The number of fused-ring (bicyclic) bond motifs is 1. The fraction of sp³-hybridized carbons (Fsp3) is 0. The maximum atomic E-state index is 13.0. The van der Waals surface area contributed by atoms with Crippen LogP contribution in [0.5, 0.6) is 11.6 Å². The van der Waals surface area contributed by atoms with Gasteiger partial charge in [-0.25, -0.2) is 9.37 Å². The summed E-state index contributed by atoms with van der Waals surface area (Å²) in [6.45, 7) is 0. The van der Waals surface area contributed by atoms with E-state index in [2.05, 4.69) is 15.3 Å². The van der Waals surface area contributed by atoms with Gasteiger partial charge in [0.05, 0.1) is 0 Å². The van der Waals surface area contributed by atoms with Crippen LogP contribution in [0.25, 0.3) is 10.8 Å². The fourth-order valence-corrected chi connectivity index (χ4v) is 2.62. The molecule has 1 heterocycles. The lowest BCUT2D eigenvalue weighted by molar-refractivity contribution is 0.470. The molecule has 0 bridgehead atoms. The summed E-state index contributed by atoms with van der Waals surface area (Å²) in [5, 5.41) is 5.06. The molecule has 0 atom stereocenters. The monoisotopic (exact) mass is 346 g/mol. The zero-order chi connectivity index (χ0) is 17.9. The molecule has 0 aliphatic carbocycles. The van der Waals surface area contributed by atoms with Gasteiger partial charge < -0.3 is 15.8 Å². The normalized spacial score (nSPS) is 10.7. The van der Waals surface area contributed by atoms with E-state index in [1.807, 2.05) is 42.5 Å². The Balaban J connectivity index is 1.66. The summed E-state index contributed by atoms with van der Waals surface area (Å²) in [5.74, 6) is 0.982. The maximum absolute atomic E-state index is 13.0. The van der Waals surface area contributed by atoms with Gasteiger partial charge in [-0.05, 0) is 35.7 Å². The van der Waals surface area contributed by atoms with Crippen LogP contribution in [0.15, 0.2) is 73.1 Å². The number of rotatable bonds is 4. The van der Waals surface area contributed by atoms with Crippen molar-refractivity contribution in [1.82, 2.24) is 9.97 Å². The molecule has 0 spiro atoms. The number of hydrogen-bond donors (Lipinski definition) is 2. The number of hydrogen-bond acceptors (Lipinski definition) is 5. The van der Waals surface area contributed by atoms with Gasteiger partial charge in [-0.3, -0.25) is 0 Å². The number of anilines is 3. The average molecular weight is 346 g/mol. The molecular formula is C20H15FN4O. The summed E-state index contributed by atoms with van der Waals surface area (Å²) in [7, 11) is 0. The molecule has 5 nitrogen and oxygen atoms in total. The number of nitrogens with two attached hydrogens (primary N) is 1. The van der Waals surface area contributed by atoms with Crippen LogP contribution in [-0.2, 0) is 0 Å². The summed E-state index contributed by atoms with van der Waals surface area (Å²) >= 11 is 0. The van der Waals surface area contributed by atoms with Gasteiger partial charge in [0.2, 0.25) is 5.88 Å². The van der Waals surface area contributed by atoms with Gasteiger partial charge in [0.25, 0.3) is 0 Å². The molecule has 0 saturated carbocycles. The molecule has 128 valence electrons. The van der Waals surface area contributed by atoms with Gasteiger partial charge in [-0.15, -0.1) is 0 Å². The van der Waals surface area contributed by atoms with Crippen LogP contribution in [0, 0.1) is 5.82 Å². The standard InChI is InChI=1S/C20H15FN4O/c21-14-8-10-15(11-9-14)25-19-18(22)20(24-12-23-19)26-17-7-3-5-13-4-1-2-6-16(13)17/h1-12H,22H2,(H,23,24,25). The van der Waals surface area contributed by atoms with Crippen LogP contribution < -0.4 is 15.8 Å². The maximum Gasteiger partial charge on any atom is 0.248 e. The van der Waals surface area contributed by atoms with Gasteiger partial charge in [0, 0.05) is 11.1 Å². The van der Waals surface area contributed by atoms with Gasteiger partial charge in [0.15, 0.2) is 5.82 Å². The lowest BCUT2D eigenvalue weighted by Crippen LogP contribution is -2.03. The summed E-state index contributed by atoms with van der Waals surface area (Å²) in [6.07, 6.45) is 1.36. The Labute approximate surface area is 149 Å². The Morgan fingerprint density at radius 3 is 2.50 bits per heavy atom. The minimum atomic E-state index is -0.314. The van der Waals surface area contributed by atoms with Gasteiger partial charge in [-0.2, -0.15) is 4.98 Å². The van der Waals surface area contributed by atoms with E-state index in [0.29, 0.717) is 17.3 Å². The van der Waals surface area contributed by atoms with Crippen LogP contribution in [0.1, 0.15) is 0 Å². The van der Waals surface area contributed by atoms with Crippen molar-refractivity contribution in [3.63, 3.8) is 0 Å². The van der Waals surface area contributed by atoms with E-state index in [0.717, 1.165) is 10.8 Å². The first-order valence-electron chi connectivity index (χ1n) is 7.99. The number of aromatic nitrogens is 2. The van der Waals surface area contributed by atoms with Gasteiger partial charge in [-0.1, -0.05) is 36.4 Å². The van der Waals surface area contributed by atoms with Gasteiger partial charge in [0.1, 0.15) is 23.6 Å². The molecule has 4 rings (SSSR count). The molecule has 1 aromatic heterocycles. The second-order valence-electron chi connectivity index (χ2n) is 5.65. The fourth-order valence-electron chi connectivity index (χ4n) is 2.62. The first-order valence-corrected chi connectivity index (χ1v) is 7.99. The molecule has 0 amide bonds. The van der Waals surface area contributed by atoms with E-state index in [1.165, 1.54) is 18.5 Å². The quantitative estimate of drug-likeness (QED) is 0.550. The van der Waals surface area contributed by atoms with E-state index in [4.69, 9.17) is 10.5 Å². The third kappa shape index (κ3) is 3.12. The summed E-state index contributed by atoms with van der Waals surface area (Å²) in [4.78, 5) is 8.28. The minimum absolute atomic E-state index is 0.251. The Morgan fingerprint density at radius 1 is 0.885 bits per heavy atom. The number of benzene rings is 3. The third-order valence-corrected chi connectivity index (χ3v) is 3.91. The van der Waals surface area contributed by atoms with Crippen molar-refractivity contribution in [3.05, 3.63) is 78.9 Å². The zero-order valence-corrected chi connectivity index (χ0v) is 13.7. The van der Waals surface area contributed by atoms with E-state index >= 15 is 0 Å². The van der Waals surface area contributed by atoms with Crippen molar-refractivity contribution in [2.45, 2.75) is 0 Å². The number of nitrogen functional groups attached to an aromatic ring is 1. The van der Waals surface area contributed by atoms with Crippen LogP contribution in [-0.4, -0.2) is 9.97 Å². The molecule has 4 aromatic rings. The Hall–Kier alpha value is -3.67. The van der Waals surface area contributed by atoms with E-state index in [1.54, 1.807) is 12.1 Å². The molecule has 0 radical (unpaired) electrons. The lowest BCUT2D eigenvalue weighted by Gasteiger charge is -2.13. The van der Waals surface area contributed by atoms with Crippen LogP contribution in [0.3, 0.4) is 0 Å². The molecular weight excluding hydrogens is 331 g/mol. The molecule has 0 aliphatic rings. The van der Waals surface area contributed by atoms with Crippen molar-refractivity contribution >= 4 is 28.0 Å². The highest BCUT2D eigenvalue weighted by Crippen LogP contribution is 2.34. The first-order chi connectivity index (χ1) is 12.7. The molecule has 3 N–H and O–H groups in total. The topological polar surface area (TPSA) is 73.1 Å². The molecule has 0 fully saturated rings. The second-order valence-corrected chi connectivity index (χ2v) is 5.65. The highest BCUT2D eigenvalue weighted by Gasteiger charge is 2.12. The number of halogens is 1. The van der Waals surface area contributed by atoms with Crippen molar-refractivity contribution in [3.8, 4) is 11.6 Å². The van der Waals surface area contributed by atoms with E-state index in [9.17, 15) is 4.39 Å². The minimum Gasteiger partial charge on any atom is -0.436 e. The summed E-state index contributed by atoms with van der Waals surface area (Å²) in [5.41, 5.74) is 7.09. The summed E-state index contributed by atoms with van der Waals surface area (Å²) in [6, 6.07) is 19.6. The van der Waals surface area contributed by atoms with E-state index < -0.39 is 0 Å². The molecule has 0 aliphatic heterocycles. The van der Waals surface area contributed by atoms with Crippen LogP contribution >= 0.6 is 0 Å². The van der Waals surface area contributed by atoms with Crippen LogP contribution in [0.4, 0.5) is 21.6 Å². The van der Waals surface area contributed by atoms with Crippen molar-refractivity contribution in [2.75, 3.05) is 11.1 Å². The molecule has 26 heavy (non-hydrogen) atoms. The molecule has 6 heteroatoms. The number of nitrogens with zero attached hydrogens (tertiary/aromatic N) is 2. The Kier molecular flexibility index (Phi) is 4.07. The van der Waals surface area contributed by atoms with Crippen LogP contribution in [0.2, 0.25) is 0 Å². The lowest BCUT2D eigenvalue weighted by atomic mass is 10.1. The molecule has 0 unspecified atom stereocenters. The third-order valence-electron chi connectivity index (χ3n) is 3.91. The smallest absolute Gasteiger partial charge is 0.248 e. The Bertz CT molecular complexity index is 1060. The zero-order valence-electron chi connectivity index (χ0n) is 13.7. The predicted octanol–water partition coefficient (Wildman–Crippen LogP) is 4.89. The highest BCUT2D eigenvalue weighted by atomic mass is 19.1. The van der Waals surface area contributed by atoms with Crippen molar-refractivity contribution in [2.24, 2.45) is 0 Å². The van der Waals surface area contributed by atoms with Crippen molar-refractivity contribution in [1.29, 1.82) is 0 Å². The predicted molar refractivity (Wildman–Crippen MR) is 100 cm³/mol. The largest absolute Gasteiger partial charge is 0.436 e. The second kappa shape index (κ2) is 6.68. The molecule has 0 saturated heterocycles. The van der Waals surface area contributed by atoms with Crippen molar-refractivity contribution < 1.29 is 9.13 Å². The SMILES string of the molecule is Nc1c(Nc2ccc(F)cc2)ncnc1Oc1cccc2ccccc12. The summed E-state index contributed by atoms with van der Waals surface area (Å²) < 4.78 is 19.0. The molecule has 3 aromatic carbocycles. The van der Waals surface area contributed by atoms with E-state index in [-0.39, 0.29) is 17.4 Å². The Morgan fingerprint density at radius 2 is 1.65 bits per heavy atom. The number of ether oxygens (including phenoxy) is 1. The highest BCUT2D eigenvalue weighted by molar-refractivity contribution is 5.88. The average Bonchev–Trinajstić information content (AvgIpc) is 2.67. The van der Waals surface area contributed by atoms with Gasteiger partial charge >= 0.3 is 0 Å². The number of nitrogens with one attached hydrogen (secondary N) is 1. The first kappa shape index (κ1) is 15.8.